The first-order valence-corrected chi connectivity index (χ1v) is 7.09. The fourth-order valence-electron chi connectivity index (χ4n) is 2.42. The van der Waals surface area contributed by atoms with Gasteiger partial charge in [0.05, 0.1) is 0 Å². The van der Waals surface area contributed by atoms with E-state index >= 15 is 0 Å². The molecule has 0 aliphatic carbocycles. The molecule has 1 fully saturated rings. The van der Waals surface area contributed by atoms with Gasteiger partial charge < -0.3 is 5.32 Å². The number of nitrogens with one attached hydrogen (secondary N) is 1. The van der Waals surface area contributed by atoms with Crippen molar-refractivity contribution in [3.8, 4) is 0 Å². The quantitative estimate of drug-likeness (QED) is 0.886. The second-order valence-electron chi connectivity index (χ2n) is 4.73. The highest BCUT2D eigenvalue weighted by molar-refractivity contribution is 9.10. The molecule has 1 aliphatic rings. The molecule has 2 heteroatoms. The lowest BCUT2D eigenvalue weighted by Crippen LogP contribution is -2.29. The summed E-state index contributed by atoms with van der Waals surface area (Å²) in [6.45, 7) is 2.46. The molecule has 0 spiro atoms. The summed E-state index contributed by atoms with van der Waals surface area (Å²) in [6.07, 6.45) is 6.72. The van der Waals surface area contributed by atoms with Gasteiger partial charge in [-0.15, -0.1) is 0 Å². The normalized spacial score (nSPS) is 20.9. The highest BCUT2D eigenvalue weighted by Gasteiger charge is 2.11. The van der Waals surface area contributed by atoms with Crippen molar-refractivity contribution >= 4 is 15.9 Å². The van der Waals surface area contributed by atoms with E-state index in [0.29, 0.717) is 0 Å². The van der Waals surface area contributed by atoms with Crippen LogP contribution in [0, 0.1) is 5.92 Å². The van der Waals surface area contributed by atoms with Gasteiger partial charge in [0, 0.05) is 4.47 Å². The van der Waals surface area contributed by atoms with Crippen LogP contribution < -0.4 is 5.32 Å². The van der Waals surface area contributed by atoms with E-state index in [4.69, 9.17) is 0 Å². The predicted molar refractivity (Wildman–Crippen MR) is 72.7 cm³/mol. The van der Waals surface area contributed by atoms with E-state index in [2.05, 4.69) is 45.5 Å². The zero-order chi connectivity index (χ0) is 11.2. The van der Waals surface area contributed by atoms with Crippen LogP contribution >= 0.6 is 15.9 Å². The minimum atomic E-state index is 0.921. The first-order valence-electron chi connectivity index (χ1n) is 6.30. The molecule has 0 amide bonds. The third-order valence-electron chi connectivity index (χ3n) is 3.39. The monoisotopic (exact) mass is 281 g/mol. The third-order valence-corrected chi connectivity index (χ3v) is 3.92. The van der Waals surface area contributed by atoms with Gasteiger partial charge >= 0.3 is 0 Å². The van der Waals surface area contributed by atoms with Crippen LogP contribution in [-0.4, -0.2) is 13.1 Å². The lowest BCUT2D eigenvalue weighted by molar-refractivity contribution is 0.351. The van der Waals surface area contributed by atoms with E-state index in [1.165, 1.54) is 55.2 Å². The molecule has 1 atom stereocenters. The van der Waals surface area contributed by atoms with E-state index in [1.54, 1.807) is 0 Å². The van der Waals surface area contributed by atoms with E-state index in [-0.39, 0.29) is 0 Å². The zero-order valence-corrected chi connectivity index (χ0v) is 11.3. The van der Waals surface area contributed by atoms with Crippen molar-refractivity contribution in [1.29, 1.82) is 0 Å². The summed E-state index contributed by atoms with van der Waals surface area (Å²) in [4.78, 5) is 0. The average Bonchev–Trinajstić information content (AvgIpc) is 2.33. The molecule has 1 aliphatic heterocycles. The number of piperidine rings is 1. The minimum absolute atomic E-state index is 0.921. The number of benzene rings is 1. The zero-order valence-electron chi connectivity index (χ0n) is 9.71. The second-order valence-corrected chi connectivity index (χ2v) is 5.65. The predicted octanol–water partition coefficient (Wildman–Crippen LogP) is 3.77. The SMILES string of the molecule is Brc1ccc(CCCC2CCCNC2)cc1. The molecule has 1 saturated heterocycles. The molecule has 1 aromatic rings. The number of hydrogen-bond acceptors (Lipinski definition) is 1. The number of hydrogen-bond donors (Lipinski definition) is 1. The Morgan fingerprint density at radius 3 is 2.75 bits per heavy atom. The van der Waals surface area contributed by atoms with Gasteiger partial charge in [0.2, 0.25) is 0 Å². The van der Waals surface area contributed by atoms with Gasteiger partial charge in [0.25, 0.3) is 0 Å². The van der Waals surface area contributed by atoms with E-state index in [9.17, 15) is 0 Å². The molecule has 2 rings (SSSR count). The Morgan fingerprint density at radius 1 is 1.25 bits per heavy atom. The highest BCUT2D eigenvalue weighted by Crippen LogP contribution is 2.18. The molecule has 16 heavy (non-hydrogen) atoms. The highest BCUT2D eigenvalue weighted by atomic mass is 79.9. The van der Waals surface area contributed by atoms with Crippen LogP contribution in [0.25, 0.3) is 0 Å². The van der Waals surface area contributed by atoms with Crippen molar-refractivity contribution in [3.05, 3.63) is 34.3 Å². The van der Waals surface area contributed by atoms with Crippen LogP contribution in [-0.2, 0) is 6.42 Å². The van der Waals surface area contributed by atoms with Crippen LogP contribution in [0.2, 0.25) is 0 Å². The van der Waals surface area contributed by atoms with E-state index in [1.807, 2.05) is 0 Å². The van der Waals surface area contributed by atoms with E-state index in [0.717, 1.165) is 5.92 Å². The van der Waals surface area contributed by atoms with Gasteiger partial charge in [-0.1, -0.05) is 28.1 Å². The first kappa shape index (κ1) is 12.1. The summed E-state index contributed by atoms with van der Waals surface area (Å²) >= 11 is 3.47. The largest absolute Gasteiger partial charge is 0.316 e. The number of aryl methyl sites for hydroxylation is 1. The van der Waals surface area contributed by atoms with Crippen LogP contribution in [0.5, 0.6) is 0 Å². The Balaban J connectivity index is 1.69. The lowest BCUT2D eigenvalue weighted by atomic mass is 9.93. The topological polar surface area (TPSA) is 12.0 Å². The Morgan fingerprint density at radius 2 is 2.06 bits per heavy atom. The van der Waals surface area contributed by atoms with Gasteiger partial charge in [-0.3, -0.25) is 0 Å². The second kappa shape index (κ2) is 6.41. The Hall–Kier alpha value is -0.340. The summed E-state index contributed by atoms with van der Waals surface area (Å²) in [5.41, 5.74) is 1.46. The van der Waals surface area contributed by atoms with Crippen molar-refractivity contribution < 1.29 is 0 Å². The maximum atomic E-state index is 3.48. The number of halogens is 1. The maximum absolute atomic E-state index is 3.48. The van der Waals surface area contributed by atoms with Crippen LogP contribution in [0.4, 0.5) is 0 Å². The minimum Gasteiger partial charge on any atom is -0.316 e. The molecule has 0 bridgehead atoms. The molecule has 0 aromatic heterocycles. The Labute approximate surface area is 107 Å². The smallest absolute Gasteiger partial charge is 0.0175 e. The molecule has 1 unspecified atom stereocenters. The van der Waals surface area contributed by atoms with Crippen molar-refractivity contribution in [2.24, 2.45) is 5.92 Å². The molecule has 88 valence electrons. The molecular formula is C14H20BrN. The molecule has 1 heterocycles. The van der Waals surface area contributed by atoms with Crippen LogP contribution in [0.15, 0.2) is 28.7 Å². The van der Waals surface area contributed by atoms with Gasteiger partial charge in [0.15, 0.2) is 0 Å². The van der Waals surface area contributed by atoms with Crippen molar-refractivity contribution in [1.82, 2.24) is 5.32 Å². The van der Waals surface area contributed by atoms with Crippen LogP contribution in [0.3, 0.4) is 0 Å². The third kappa shape index (κ3) is 3.91. The average molecular weight is 282 g/mol. The van der Waals surface area contributed by atoms with Crippen molar-refractivity contribution in [2.45, 2.75) is 32.1 Å². The summed E-state index contributed by atoms with van der Waals surface area (Å²) in [5, 5.41) is 3.48. The Kier molecular flexibility index (Phi) is 4.86. The maximum Gasteiger partial charge on any atom is 0.0175 e. The lowest BCUT2D eigenvalue weighted by Gasteiger charge is -2.22. The molecule has 0 radical (unpaired) electrons. The summed E-state index contributed by atoms with van der Waals surface area (Å²) in [7, 11) is 0. The van der Waals surface area contributed by atoms with Crippen molar-refractivity contribution in [3.63, 3.8) is 0 Å². The van der Waals surface area contributed by atoms with Gasteiger partial charge in [-0.05, 0) is 68.8 Å². The molecule has 0 saturated carbocycles. The first-order chi connectivity index (χ1) is 7.84. The summed E-state index contributed by atoms with van der Waals surface area (Å²) in [5.74, 6) is 0.921. The summed E-state index contributed by atoms with van der Waals surface area (Å²) in [6, 6.07) is 8.72. The summed E-state index contributed by atoms with van der Waals surface area (Å²) < 4.78 is 1.17. The number of rotatable bonds is 4. The molecule has 1 nitrogen and oxygen atoms in total. The van der Waals surface area contributed by atoms with Crippen LogP contribution in [0.1, 0.15) is 31.2 Å². The van der Waals surface area contributed by atoms with E-state index < -0.39 is 0 Å². The Bertz CT molecular complexity index is 301. The molecule has 1 N–H and O–H groups in total. The van der Waals surface area contributed by atoms with Gasteiger partial charge in [0.1, 0.15) is 0 Å². The van der Waals surface area contributed by atoms with Crippen molar-refractivity contribution in [2.75, 3.05) is 13.1 Å². The fourth-order valence-corrected chi connectivity index (χ4v) is 2.68. The molecule has 1 aromatic carbocycles. The van der Waals surface area contributed by atoms with Gasteiger partial charge in [-0.2, -0.15) is 0 Å². The molecular weight excluding hydrogens is 262 g/mol. The fraction of sp³-hybridized carbons (Fsp3) is 0.571. The van der Waals surface area contributed by atoms with Gasteiger partial charge in [-0.25, -0.2) is 0 Å². The standard InChI is InChI=1S/C14H20BrN/c15-14-8-6-12(7-9-14)3-1-4-13-5-2-10-16-11-13/h6-9,13,16H,1-5,10-11H2.